The van der Waals surface area contributed by atoms with E-state index in [4.69, 9.17) is 14.6 Å². The summed E-state index contributed by atoms with van der Waals surface area (Å²) in [6, 6.07) is 14.1. The number of ether oxygens (including phenoxy) is 2. The van der Waals surface area contributed by atoms with Gasteiger partial charge in [-0.3, -0.25) is 9.59 Å². The summed E-state index contributed by atoms with van der Waals surface area (Å²) in [6.07, 6.45) is 0.148. The summed E-state index contributed by atoms with van der Waals surface area (Å²) < 4.78 is 10.5. The van der Waals surface area contributed by atoms with E-state index < -0.39 is 12.6 Å². The van der Waals surface area contributed by atoms with Gasteiger partial charge < -0.3 is 24.8 Å². The molecule has 2 amide bonds. The predicted octanol–water partition coefficient (Wildman–Crippen LogP) is 1.58. The van der Waals surface area contributed by atoms with Crippen LogP contribution in [-0.2, 0) is 20.9 Å². The number of hydrogen-bond donors (Lipinski definition) is 2. The molecule has 0 radical (unpaired) electrons. The number of amides is 2. The molecule has 0 saturated heterocycles. The molecule has 2 aromatic carbocycles. The summed E-state index contributed by atoms with van der Waals surface area (Å²) in [7, 11) is 0. The highest BCUT2D eigenvalue weighted by Gasteiger charge is 2.25. The summed E-state index contributed by atoms with van der Waals surface area (Å²) >= 11 is 0. The molecule has 0 bridgehead atoms. The first-order valence-corrected chi connectivity index (χ1v) is 8.75. The third-order valence-corrected chi connectivity index (χ3v) is 4.12. The molecule has 146 valence electrons. The Morgan fingerprint density at radius 2 is 2.00 bits per heavy atom. The van der Waals surface area contributed by atoms with Gasteiger partial charge in [-0.15, -0.1) is 0 Å². The second-order valence-corrected chi connectivity index (χ2v) is 6.16. The number of carboxylic acids is 1. The average Bonchev–Trinajstić information content (AvgIpc) is 2.70. The van der Waals surface area contributed by atoms with Crippen molar-refractivity contribution in [3.8, 4) is 11.5 Å². The summed E-state index contributed by atoms with van der Waals surface area (Å²) in [4.78, 5) is 36.4. The van der Waals surface area contributed by atoms with Crippen molar-refractivity contribution in [2.75, 3.05) is 24.7 Å². The average molecular weight is 384 g/mol. The maximum Gasteiger partial charge on any atom is 0.341 e. The quantitative estimate of drug-likeness (QED) is 0.716. The second kappa shape index (κ2) is 8.90. The second-order valence-electron chi connectivity index (χ2n) is 6.16. The van der Waals surface area contributed by atoms with Crippen LogP contribution in [0.1, 0.15) is 12.0 Å². The normalized spacial score (nSPS) is 12.7. The molecule has 0 saturated carbocycles. The molecule has 1 heterocycles. The Balaban J connectivity index is 1.51. The predicted molar refractivity (Wildman–Crippen MR) is 100 cm³/mol. The maximum absolute atomic E-state index is 12.2. The highest BCUT2D eigenvalue weighted by Crippen LogP contribution is 2.31. The Morgan fingerprint density at radius 1 is 1.18 bits per heavy atom. The third-order valence-electron chi connectivity index (χ3n) is 4.12. The molecule has 0 fully saturated rings. The molecule has 28 heavy (non-hydrogen) atoms. The Kier molecular flexibility index (Phi) is 6.11. The number of carbonyl (C=O) groups is 3. The standard InChI is InChI=1S/C20H20N2O6/c23-18(21-11-14-4-3-5-15(10-14)27-13-20(25)26)8-9-22-16-6-1-2-7-17(16)28-12-19(22)24/h1-7,10H,8-9,11-13H2,(H,21,23)(H,25,26). The van der Waals surface area contributed by atoms with Crippen molar-refractivity contribution in [1.29, 1.82) is 0 Å². The van der Waals surface area contributed by atoms with Gasteiger partial charge in [0, 0.05) is 19.5 Å². The minimum absolute atomic E-state index is 0.0399. The summed E-state index contributed by atoms with van der Waals surface area (Å²) in [5.41, 5.74) is 1.44. The molecule has 0 unspecified atom stereocenters. The SMILES string of the molecule is O=C(O)COc1cccc(CNC(=O)CCN2C(=O)COc3ccccc32)c1. The van der Waals surface area contributed by atoms with E-state index in [-0.39, 0.29) is 37.9 Å². The number of anilines is 1. The first kappa shape index (κ1) is 19.2. The number of para-hydroxylation sites is 2. The van der Waals surface area contributed by atoms with Gasteiger partial charge in [-0.25, -0.2) is 4.79 Å². The summed E-state index contributed by atoms with van der Waals surface area (Å²) in [6.45, 7) is 0.0657. The fraction of sp³-hybridized carbons (Fsp3) is 0.250. The summed E-state index contributed by atoms with van der Waals surface area (Å²) in [5.74, 6) is -0.397. The van der Waals surface area contributed by atoms with Crippen LogP contribution in [0.15, 0.2) is 48.5 Å². The summed E-state index contributed by atoms with van der Waals surface area (Å²) in [5, 5.41) is 11.4. The zero-order valence-corrected chi connectivity index (χ0v) is 15.1. The Morgan fingerprint density at radius 3 is 2.82 bits per heavy atom. The molecule has 8 nitrogen and oxygen atoms in total. The molecule has 1 aliphatic heterocycles. The molecule has 0 atom stereocenters. The third kappa shape index (κ3) is 5.00. The van der Waals surface area contributed by atoms with Crippen molar-refractivity contribution < 1.29 is 29.0 Å². The highest BCUT2D eigenvalue weighted by atomic mass is 16.5. The molecular weight excluding hydrogens is 364 g/mol. The Labute approximate surface area is 161 Å². The van der Waals surface area contributed by atoms with Crippen LogP contribution >= 0.6 is 0 Å². The van der Waals surface area contributed by atoms with E-state index in [1.807, 2.05) is 12.1 Å². The molecule has 1 aliphatic rings. The fourth-order valence-electron chi connectivity index (χ4n) is 2.79. The van der Waals surface area contributed by atoms with Gasteiger partial charge in [0.2, 0.25) is 5.91 Å². The van der Waals surface area contributed by atoms with E-state index in [0.717, 1.165) is 5.56 Å². The Hall–Kier alpha value is -3.55. The molecule has 8 heteroatoms. The zero-order valence-electron chi connectivity index (χ0n) is 15.1. The van der Waals surface area contributed by atoms with E-state index >= 15 is 0 Å². The van der Waals surface area contributed by atoms with Gasteiger partial charge in [-0.2, -0.15) is 0 Å². The van der Waals surface area contributed by atoms with E-state index in [0.29, 0.717) is 17.2 Å². The van der Waals surface area contributed by atoms with Crippen LogP contribution < -0.4 is 19.7 Å². The van der Waals surface area contributed by atoms with Gasteiger partial charge in [0.25, 0.3) is 5.91 Å². The molecule has 2 aromatic rings. The number of benzene rings is 2. The van der Waals surface area contributed by atoms with Crippen LogP contribution in [0.2, 0.25) is 0 Å². The lowest BCUT2D eigenvalue weighted by Crippen LogP contribution is -2.41. The number of aliphatic carboxylic acids is 1. The number of nitrogens with one attached hydrogen (secondary N) is 1. The van der Waals surface area contributed by atoms with Crippen LogP contribution in [0, 0.1) is 0 Å². The zero-order chi connectivity index (χ0) is 19.9. The fourth-order valence-corrected chi connectivity index (χ4v) is 2.79. The molecule has 0 aromatic heterocycles. The van der Waals surface area contributed by atoms with Crippen LogP contribution in [0.3, 0.4) is 0 Å². The highest BCUT2D eigenvalue weighted by molar-refractivity contribution is 5.98. The van der Waals surface area contributed by atoms with Crippen molar-refractivity contribution in [1.82, 2.24) is 5.32 Å². The van der Waals surface area contributed by atoms with Crippen molar-refractivity contribution in [3.05, 3.63) is 54.1 Å². The minimum Gasteiger partial charge on any atom is -0.482 e. The maximum atomic E-state index is 12.2. The number of hydrogen-bond acceptors (Lipinski definition) is 5. The smallest absolute Gasteiger partial charge is 0.341 e. The molecule has 0 spiro atoms. The number of rotatable bonds is 8. The van der Waals surface area contributed by atoms with Crippen LogP contribution in [-0.4, -0.2) is 42.6 Å². The van der Waals surface area contributed by atoms with E-state index in [1.54, 1.807) is 41.3 Å². The van der Waals surface area contributed by atoms with Gasteiger partial charge in [-0.05, 0) is 29.8 Å². The largest absolute Gasteiger partial charge is 0.482 e. The van der Waals surface area contributed by atoms with Gasteiger partial charge in [0.1, 0.15) is 11.5 Å². The van der Waals surface area contributed by atoms with Crippen LogP contribution in [0.4, 0.5) is 5.69 Å². The van der Waals surface area contributed by atoms with Crippen molar-refractivity contribution in [3.63, 3.8) is 0 Å². The monoisotopic (exact) mass is 384 g/mol. The van der Waals surface area contributed by atoms with Crippen molar-refractivity contribution >= 4 is 23.5 Å². The molecule has 2 N–H and O–H groups in total. The van der Waals surface area contributed by atoms with Crippen molar-refractivity contribution in [2.45, 2.75) is 13.0 Å². The van der Waals surface area contributed by atoms with Gasteiger partial charge in [0.05, 0.1) is 5.69 Å². The van der Waals surface area contributed by atoms with Gasteiger partial charge in [-0.1, -0.05) is 24.3 Å². The number of carbonyl (C=O) groups excluding carboxylic acids is 2. The molecular formula is C20H20N2O6. The lowest BCUT2D eigenvalue weighted by atomic mass is 10.2. The topological polar surface area (TPSA) is 105 Å². The van der Waals surface area contributed by atoms with Crippen LogP contribution in [0.5, 0.6) is 11.5 Å². The molecule has 0 aliphatic carbocycles. The first-order chi connectivity index (χ1) is 13.5. The van der Waals surface area contributed by atoms with E-state index in [1.165, 1.54) is 0 Å². The molecule has 3 rings (SSSR count). The first-order valence-electron chi connectivity index (χ1n) is 8.75. The van der Waals surface area contributed by atoms with E-state index in [9.17, 15) is 14.4 Å². The lowest BCUT2D eigenvalue weighted by Gasteiger charge is -2.29. The number of nitrogens with zero attached hydrogens (tertiary/aromatic N) is 1. The minimum atomic E-state index is -1.06. The van der Waals surface area contributed by atoms with Gasteiger partial charge >= 0.3 is 5.97 Å². The lowest BCUT2D eigenvalue weighted by molar-refractivity contribution is -0.139. The van der Waals surface area contributed by atoms with Crippen molar-refractivity contribution in [2.24, 2.45) is 0 Å². The van der Waals surface area contributed by atoms with Gasteiger partial charge in [0.15, 0.2) is 13.2 Å². The number of fused-ring (bicyclic) bond motifs is 1. The van der Waals surface area contributed by atoms with E-state index in [2.05, 4.69) is 5.32 Å². The Bertz CT molecular complexity index is 883. The number of carboxylic acid groups (broad SMARTS) is 1. The van der Waals surface area contributed by atoms with Crippen LogP contribution in [0.25, 0.3) is 0 Å².